The average molecular weight is 318 g/mol. The normalized spacial score (nSPS) is 23.0. The molecule has 0 spiro atoms. The van der Waals surface area contributed by atoms with Gasteiger partial charge in [-0.1, -0.05) is 18.2 Å². The van der Waals surface area contributed by atoms with Crippen LogP contribution in [0.5, 0.6) is 0 Å². The standard InChI is InChI=1S/C11H5F7O3/c12-9(10(13,14)15,11(16,17)18)8(20)6-4-2-1-3-5(6)7(19)21-8/h1-4,20H. The smallest absolute Gasteiger partial charge is 0.421 e. The van der Waals surface area contributed by atoms with Crippen molar-refractivity contribution in [1.29, 1.82) is 0 Å². The lowest BCUT2D eigenvalue weighted by atomic mass is 9.86. The molecule has 1 aliphatic rings. The third kappa shape index (κ3) is 1.81. The summed E-state index contributed by atoms with van der Waals surface area (Å²) in [4.78, 5) is 11.3. The summed E-state index contributed by atoms with van der Waals surface area (Å²) < 4.78 is 93.7. The lowest BCUT2D eigenvalue weighted by molar-refractivity contribution is -0.427. The second-order valence-corrected chi connectivity index (χ2v) is 4.23. The zero-order valence-corrected chi connectivity index (χ0v) is 9.72. The first-order valence-corrected chi connectivity index (χ1v) is 5.24. The molecule has 0 aromatic heterocycles. The van der Waals surface area contributed by atoms with Crippen LogP contribution in [-0.4, -0.2) is 29.1 Å². The zero-order valence-electron chi connectivity index (χ0n) is 9.72. The first-order valence-electron chi connectivity index (χ1n) is 5.24. The Balaban J connectivity index is 2.77. The molecule has 21 heavy (non-hydrogen) atoms. The SMILES string of the molecule is O=C1OC(O)(C(F)(C(F)(F)F)C(F)(F)F)c2ccccc21. The monoisotopic (exact) mass is 318 g/mol. The van der Waals surface area contributed by atoms with Crippen molar-refractivity contribution in [1.82, 2.24) is 0 Å². The predicted octanol–water partition coefficient (Wildman–Crippen LogP) is 2.84. The molecule has 2 rings (SSSR count). The van der Waals surface area contributed by atoms with Crippen LogP contribution >= 0.6 is 0 Å². The lowest BCUT2D eigenvalue weighted by Crippen LogP contribution is -2.66. The molecular formula is C11H5F7O3. The minimum Gasteiger partial charge on any atom is -0.421 e. The van der Waals surface area contributed by atoms with Gasteiger partial charge in [-0.15, -0.1) is 0 Å². The topological polar surface area (TPSA) is 46.5 Å². The Morgan fingerprint density at radius 1 is 0.952 bits per heavy atom. The summed E-state index contributed by atoms with van der Waals surface area (Å²) in [5.74, 6) is -6.24. The number of fused-ring (bicyclic) bond motifs is 1. The highest BCUT2D eigenvalue weighted by atomic mass is 19.4. The van der Waals surface area contributed by atoms with Crippen molar-refractivity contribution in [3.05, 3.63) is 35.4 Å². The first-order chi connectivity index (χ1) is 9.36. The maximum Gasteiger partial charge on any atom is 0.438 e. The van der Waals surface area contributed by atoms with E-state index in [4.69, 9.17) is 0 Å². The van der Waals surface area contributed by atoms with Crippen LogP contribution in [0.15, 0.2) is 24.3 Å². The summed E-state index contributed by atoms with van der Waals surface area (Å²) in [6.07, 6.45) is -13.1. The maximum atomic E-state index is 14.0. The highest BCUT2D eigenvalue weighted by Crippen LogP contribution is 2.58. The summed E-state index contributed by atoms with van der Waals surface area (Å²) in [6, 6.07) is 3.39. The number of ether oxygens (including phenoxy) is 1. The zero-order chi connectivity index (χ0) is 16.3. The Bertz CT molecular complexity index is 578. The van der Waals surface area contributed by atoms with E-state index < -0.39 is 40.9 Å². The van der Waals surface area contributed by atoms with Gasteiger partial charge in [0.1, 0.15) is 0 Å². The van der Waals surface area contributed by atoms with Crippen LogP contribution in [0.1, 0.15) is 15.9 Å². The summed E-state index contributed by atoms with van der Waals surface area (Å²) >= 11 is 0. The minimum absolute atomic E-state index is 0.548. The third-order valence-corrected chi connectivity index (χ3v) is 3.00. The van der Waals surface area contributed by atoms with E-state index in [1.807, 2.05) is 0 Å². The van der Waals surface area contributed by atoms with Crippen molar-refractivity contribution in [2.24, 2.45) is 0 Å². The van der Waals surface area contributed by atoms with E-state index in [9.17, 15) is 40.6 Å². The van der Waals surface area contributed by atoms with Crippen molar-refractivity contribution in [3.63, 3.8) is 0 Å². The number of hydrogen-bond donors (Lipinski definition) is 1. The number of carbonyl (C=O) groups is 1. The van der Waals surface area contributed by atoms with Gasteiger partial charge >= 0.3 is 24.0 Å². The number of aliphatic hydroxyl groups is 1. The Hall–Kier alpha value is -1.84. The highest BCUT2D eigenvalue weighted by Gasteiger charge is 2.85. The molecule has 1 aromatic carbocycles. The number of rotatable bonds is 1. The molecule has 0 saturated carbocycles. The number of esters is 1. The fourth-order valence-corrected chi connectivity index (χ4v) is 2.00. The van der Waals surface area contributed by atoms with Crippen molar-refractivity contribution in [2.45, 2.75) is 23.8 Å². The number of benzene rings is 1. The van der Waals surface area contributed by atoms with Gasteiger partial charge in [0.15, 0.2) is 0 Å². The molecule has 1 aromatic rings. The van der Waals surface area contributed by atoms with Crippen LogP contribution < -0.4 is 0 Å². The fourth-order valence-electron chi connectivity index (χ4n) is 2.00. The third-order valence-electron chi connectivity index (χ3n) is 3.00. The second-order valence-electron chi connectivity index (χ2n) is 4.23. The average Bonchev–Trinajstić information content (AvgIpc) is 2.60. The van der Waals surface area contributed by atoms with E-state index >= 15 is 0 Å². The van der Waals surface area contributed by atoms with Gasteiger partial charge in [0.05, 0.1) is 5.56 Å². The molecule has 1 aliphatic heterocycles. The van der Waals surface area contributed by atoms with E-state index in [0.717, 1.165) is 18.2 Å². The Morgan fingerprint density at radius 3 is 1.90 bits per heavy atom. The van der Waals surface area contributed by atoms with Crippen LogP contribution in [0.2, 0.25) is 0 Å². The van der Waals surface area contributed by atoms with E-state index in [2.05, 4.69) is 4.74 Å². The number of alkyl halides is 7. The van der Waals surface area contributed by atoms with E-state index in [1.165, 1.54) is 0 Å². The number of hydrogen-bond acceptors (Lipinski definition) is 3. The summed E-state index contributed by atoms with van der Waals surface area (Å²) in [5, 5.41) is 9.65. The maximum absolute atomic E-state index is 14.0. The van der Waals surface area contributed by atoms with Gasteiger partial charge in [-0.25, -0.2) is 9.18 Å². The summed E-state index contributed by atoms with van der Waals surface area (Å²) in [7, 11) is 0. The van der Waals surface area contributed by atoms with E-state index in [-0.39, 0.29) is 0 Å². The molecule has 0 fully saturated rings. The summed E-state index contributed by atoms with van der Waals surface area (Å²) in [5.41, 5.74) is -8.20. The van der Waals surface area contributed by atoms with Crippen molar-refractivity contribution >= 4 is 5.97 Å². The Morgan fingerprint density at radius 2 is 1.43 bits per heavy atom. The van der Waals surface area contributed by atoms with Crippen molar-refractivity contribution in [2.75, 3.05) is 0 Å². The van der Waals surface area contributed by atoms with Gasteiger partial charge in [0.2, 0.25) is 0 Å². The molecule has 3 nitrogen and oxygen atoms in total. The molecule has 1 N–H and O–H groups in total. The van der Waals surface area contributed by atoms with Crippen LogP contribution in [-0.2, 0) is 10.5 Å². The highest BCUT2D eigenvalue weighted by molar-refractivity contribution is 5.94. The van der Waals surface area contributed by atoms with E-state index in [1.54, 1.807) is 0 Å². The first kappa shape index (κ1) is 15.5. The van der Waals surface area contributed by atoms with E-state index in [0.29, 0.717) is 6.07 Å². The molecule has 0 saturated heterocycles. The molecule has 0 aliphatic carbocycles. The number of halogens is 7. The van der Waals surface area contributed by atoms with Gasteiger partial charge in [-0.05, 0) is 6.07 Å². The van der Waals surface area contributed by atoms with Crippen LogP contribution in [0.3, 0.4) is 0 Å². The predicted molar refractivity (Wildman–Crippen MR) is 51.7 cm³/mol. The van der Waals surface area contributed by atoms with Crippen LogP contribution in [0.4, 0.5) is 30.7 Å². The molecule has 0 bridgehead atoms. The fraction of sp³-hybridized carbons (Fsp3) is 0.364. The van der Waals surface area contributed by atoms with Crippen molar-refractivity contribution in [3.8, 4) is 0 Å². The molecule has 10 heteroatoms. The van der Waals surface area contributed by atoms with Crippen LogP contribution in [0.25, 0.3) is 0 Å². The molecule has 0 radical (unpaired) electrons. The van der Waals surface area contributed by atoms with Gasteiger partial charge < -0.3 is 9.84 Å². The molecular weight excluding hydrogens is 313 g/mol. The van der Waals surface area contributed by atoms with Gasteiger partial charge in [0, 0.05) is 5.56 Å². The van der Waals surface area contributed by atoms with Crippen molar-refractivity contribution < 1.29 is 45.4 Å². The molecule has 1 unspecified atom stereocenters. The van der Waals surface area contributed by atoms with Gasteiger partial charge in [-0.3, -0.25) is 0 Å². The number of cyclic esters (lactones) is 1. The number of carbonyl (C=O) groups excluding carboxylic acids is 1. The Labute approximate surface area is 111 Å². The summed E-state index contributed by atoms with van der Waals surface area (Å²) in [6.45, 7) is 0. The van der Waals surface area contributed by atoms with Crippen LogP contribution in [0, 0.1) is 0 Å². The molecule has 1 atom stereocenters. The van der Waals surface area contributed by atoms with Gasteiger partial charge in [-0.2, -0.15) is 26.3 Å². The minimum atomic E-state index is -6.57. The Kier molecular flexibility index (Phi) is 3.03. The second kappa shape index (κ2) is 4.09. The largest absolute Gasteiger partial charge is 0.438 e. The van der Waals surface area contributed by atoms with Gasteiger partial charge in [0.25, 0.3) is 5.79 Å². The molecule has 0 amide bonds. The molecule has 116 valence electrons. The lowest BCUT2D eigenvalue weighted by Gasteiger charge is -2.39. The quantitative estimate of drug-likeness (QED) is 0.640. The molecule has 1 heterocycles.